The van der Waals surface area contributed by atoms with E-state index in [0.717, 1.165) is 10.9 Å². The monoisotopic (exact) mass is 477 g/mol. The number of aryl methyl sites for hydroxylation is 1. The molecule has 0 atom stereocenters. The molecule has 2 aromatic heterocycles. The molecule has 2 aromatic carbocycles. The molecule has 0 aliphatic carbocycles. The van der Waals surface area contributed by atoms with Gasteiger partial charge in [-0.15, -0.1) is 0 Å². The normalized spacial score (nSPS) is 11.0. The number of rotatable bonds is 5. The van der Waals surface area contributed by atoms with E-state index in [2.05, 4.69) is 15.4 Å². The van der Waals surface area contributed by atoms with Gasteiger partial charge in [-0.3, -0.25) is 4.79 Å². The van der Waals surface area contributed by atoms with Crippen LogP contribution in [0.2, 0.25) is 10.0 Å². The second-order valence-electron chi connectivity index (χ2n) is 7.07. The van der Waals surface area contributed by atoms with Gasteiger partial charge in [-0.05, 0) is 48.4 Å². The first-order valence-corrected chi connectivity index (χ1v) is 10.5. The highest BCUT2D eigenvalue weighted by Gasteiger charge is 2.17. The van der Waals surface area contributed by atoms with Gasteiger partial charge in [-0.2, -0.15) is 15.0 Å². The lowest BCUT2D eigenvalue weighted by Gasteiger charge is -2.12. The van der Waals surface area contributed by atoms with E-state index in [4.69, 9.17) is 27.9 Å². The Balaban J connectivity index is 1.71. The highest BCUT2D eigenvalue weighted by Crippen LogP contribution is 2.29. The zero-order valence-corrected chi connectivity index (χ0v) is 19.1. The predicted molar refractivity (Wildman–Crippen MR) is 129 cm³/mol. The van der Waals surface area contributed by atoms with Gasteiger partial charge in [0.1, 0.15) is 22.9 Å². The minimum atomic E-state index is -0.464. The summed E-state index contributed by atoms with van der Waals surface area (Å²) in [5.41, 5.74) is 2.42. The Morgan fingerprint density at radius 2 is 2.06 bits per heavy atom. The number of nitriles is 1. The molecule has 0 aliphatic heterocycles. The summed E-state index contributed by atoms with van der Waals surface area (Å²) in [6.07, 6.45) is 4.25. The van der Waals surface area contributed by atoms with Crippen molar-refractivity contribution in [3.05, 3.63) is 81.5 Å². The Labute approximate surface area is 199 Å². The quantitative estimate of drug-likeness (QED) is 0.379. The fourth-order valence-electron chi connectivity index (χ4n) is 3.33. The zero-order chi connectivity index (χ0) is 23.5. The van der Waals surface area contributed by atoms with Crippen LogP contribution in [0.15, 0.2) is 54.7 Å². The molecule has 7 nitrogen and oxygen atoms in total. The van der Waals surface area contributed by atoms with Gasteiger partial charge in [-0.1, -0.05) is 41.4 Å². The van der Waals surface area contributed by atoms with Crippen molar-refractivity contribution in [2.45, 2.75) is 6.92 Å². The molecular weight excluding hydrogens is 461 g/mol. The van der Waals surface area contributed by atoms with Crippen LogP contribution in [0.5, 0.6) is 5.75 Å². The van der Waals surface area contributed by atoms with Gasteiger partial charge in [0.2, 0.25) is 5.91 Å². The van der Waals surface area contributed by atoms with Crippen molar-refractivity contribution < 1.29 is 9.53 Å². The van der Waals surface area contributed by atoms with Crippen LogP contribution in [0.25, 0.3) is 22.8 Å². The van der Waals surface area contributed by atoms with Gasteiger partial charge in [0.15, 0.2) is 11.6 Å². The van der Waals surface area contributed by atoms with Crippen LogP contribution >= 0.6 is 23.2 Å². The van der Waals surface area contributed by atoms with Gasteiger partial charge in [0.05, 0.1) is 13.3 Å². The fourth-order valence-corrected chi connectivity index (χ4v) is 3.80. The van der Waals surface area contributed by atoms with Crippen LogP contribution in [0.3, 0.4) is 0 Å². The first kappa shape index (κ1) is 22.3. The number of carbonyl (C=O) groups is 1. The summed E-state index contributed by atoms with van der Waals surface area (Å²) < 4.78 is 6.86. The van der Waals surface area contributed by atoms with Gasteiger partial charge in [0.25, 0.3) is 0 Å². The molecule has 9 heteroatoms. The van der Waals surface area contributed by atoms with Gasteiger partial charge < -0.3 is 10.1 Å². The number of pyridine rings is 1. The number of anilines is 1. The van der Waals surface area contributed by atoms with Crippen molar-refractivity contribution in [2.75, 3.05) is 12.4 Å². The number of carbonyl (C=O) groups excluding carboxylic acids is 1. The Morgan fingerprint density at radius 3 is 2.79 bits per heavy atom. The maximum Gasteiger partial charge on any atom is 0.249 e. The molecule has 164 valence electrons. The van der Waals surface area contributed by atoms with Crippen LogP contribution in [0.4, 0.5) is 5.82 Å². The first-order valence-electron chi connectivity index (χ1n) is 9.78. The summed E-state index contributed by atoms with van der Waals surface area (Å²) in [4.78, 5) is 17.3. The molecule has 0 saturated carbocycles. The topological polar surface area (TPSA) is 92.8 Å². The SMILES string of the molecule is COc1cccc2c(C)cc(-n3ncc(C#N)c3NC(=O)/C=C/c3ccc(Cl)cc3Cl)nc12. The number of ether oxygens (including phenoxy) is 1. The Kier molecular flexibility index (Phi) is 6.31. The number of methoxy groups -OCH3 is 1. The molecule has 1 amide bonds. The third-order valence-electron chi connectivity index (χ3n) is 4.94. The molecule has 0 spiro atoms. The number of benzene rings is 2. The predicted octanol–water partition coefficient (Wildman–Crippen LogP) is 5.57. The van der Waals surface area contributed by atoms with Crippen LogP contribution in [-0.4, -0.2) is 27.8 Å². The van der Waals surface area contributed by atoms with E-state index in [-0.39, 0.29) is 11.4 Å². The number of halogens is 2. The molecular formula is C24H17Cl2N5O2. The van der Waals surface area contributed by atoms with Crippen molar-refractivity contribution in [3.8, 4) is 17.6 Å². The van der Waals surface area contributed by atoms with Crippen LogP contribution < -0.4 is 10.1 Å². The molecule has 1 N–H and O–H groups in total. The molecule has 33 heavy (non-hydrogen) atoms. The second-order valence-corrected chi connectivity index (χ2v) is 7.92. The Morgan fingerprint density at radius 1 is 1.24 bits per heavy atom. The van der Waals surface area contributed by atoms with Crippen LogP contribution in [0, 0.1) is 18.3 Å². The lowest BCUT2D eigenvalue weighted by atomic mass is 10.1. The Hall–Kier alpha value is -3.86. The molecule has 0 saturated heterocycles. The summed E-state index contributed by atoms with van der Waals surface area (Å²) in [5.74, 6) is 0.786. The number of amides is 1. The largest absolute Gasteiger partial charge is 0.494 e. The molecule has 4 rings (SSSR count). The average molecular weight is 478 g/mol. The number of fused-ring (bicyclic) bond motifs is 1. The van der Waals surface area contributed by atoms with E-state index in [1.54, 1.807) is 31.4 Å². The minimum Gasteiger partial charge on any atom is -0.494 e. The number of para-hydroxylation sites is 1. The Bertz CT molecular complexity index is 1450. The minimum absolute atomic E-state index is 0.195. The van der Waals surface area contributed by atoms with Gasteiger partial charge >= 0.3 is 0 Å². The van der Waals surface area contributed by atoms with E-state index in [0.29, 0.717) is 32.7 Å². The number of nitrogens with zero attached hydrogens (tertiary/aromatic N) is 4. The zero-order valence-electron chi connectivity index (χ0n) is 17.6. The van der Waals surface area contributed by atoms with E-state index in [9.17, 15) is 10.1 Å². The van der Waals surface area contributed by atoms with Crippen molar-refractivity contribution in [1.29, 1.82) is 5.26 Å². The van der Waals surface area contributed by atoms with Crippen molar-refractivity contribution in [3.63, 3.8) is 0 Å². The second kappa shape index (κ2) is 9.33. The van der Waals surface area contributed by atoms with E-state index in [1.165, 1.54) is 17.0 Å². The highest BCUT2D eigenvalue weighted by atomic mass is 35.5. The van der Waals surface area contributed by atoms with Crippen molar-refractivity contribution in [1.82, 2.24) is 14.8 Å². The smallest absolute Gasteiger partial charge is 0.249 e. The number of nitrogens with one attached hydrogen (secondary N) is 1. The standard InChI is InChI=1S/C24H17Cl2N5O2/c1-14-10-21(29-23-18(14)4-3-5-20(23)33-2)31-24(16(12-27)13-28-31)30-22(32)9-7-15-6-8-17(25)11-19(15)26/h3-11,13H,1-2H3,(H,30,32)/b9-7+. The summed E-state index contributed by atoms with van der Waals surface area (Å²) in [6.45, 7) is 1.94. The highest BCUT2D eigenvalue weighted by molar-refractivity contribution is 6.35. The fraction of sp³-hybridized carbons (Fsp3) is 0.0833. The van der Waals surface area contributed by atoms with Gasteiger partial charge in [0, 0.05) is 21.5 Å². The number of hydrogen-bond donors (Lipinski definition) is 1. The molecule has 2 heterocycles. The van der Waals surface area contributed by atoms with Crippen LogP contribution in [-0.2, 0) is 4.79 Å². The molecule has 0 unspecified atom stereocenters. The first-order chi connectivity index (χ1) is 15.9. The third kappa shape index (κ3) is 4.53. The lowest BCUT2D eigenvalue weighted by Crippen LogP contribution is -2.14. The van der Waals surface area contributed by atoms with Gasteiger partial charge in [-0.25, -0.2) is 4.98 Å². The molecule has 0 aliphatic rings. The van der Waals surface area contributed by atoms with Crippen molar-refractivity contribution in [2.24, 2.45) is 0 Å². The van der Waals surface area contributed by atoms with Crippen molar-refractivity contribution >= 4 is 51.9 Å². The van der Waals surface area contributed by atoms with Crippen LogP contribution in [0.1, 0.15) is 16.7 Å². The summed E-state index contributed by atoms with van der Waals surface area (Å²) in [6, 6.07) is 14.5. The maximum atomic E-state index is 12.6. The molecule has 0 bridgehead atoms. The number of aromatic nitrogens is 3. The molecule has 0 radical (unpaired) electrons. The third-order valence-corrected chi connectivity index (χ3v) is 5.50. The average Bonchev–Trinajstić information content (AvgIpc) is 3.20. The summed E-state index contributed by atoms with van der Waals surface area (Å²) >= 11 is 12.1. The lowest BCUT2D eigenvalue weighted by molar-refractivity contribution is -0.111. The van der Waals surface area contributed by atoms with E-state index >= 15 is 0 Å². The number of hydrogen-bond acceptors (Lipinski definition) is 5. The summed E-state index contributed by atoms with van der Waals surface area (Å²) in [7, 11) is 1.57. The molecule has 0 fully saturated rings. The maximum absolute atomic E-state index is 12.6. The van der Waals surface area contributed by atoms with E-state index in [1.807, 2.05) is 37.3 Å². The molecule has 4 aromatic rings. The summed E-state index contributed by atoms with van der Waals surface area (Å²) in [5, 5.41) is 18.4. The van der Waals surface area contributed by atoms with E-state index < -0.39 is 5.91 Å².